The first-order valence-corrected chi connectivity index (χ1v) is 15.4. The highest BCUT2D eigenvalue weighted by Gasteiger charge is 2.26. The first kappa shape index (κ1) is 29.0. The number of anilines is 2. The van der Waals surface area contributed by atoms with Gasteiger partial charge in [0, 0.05) is 29.8 Å². The van der Waals surface area contributed by atoms with E-state index < -0.39 is 38.1 Å². The topological polar surface area (TPSA) is 123 Å². The first-order chi connectivity index (χ1) is 19.5. The van der Waals surface area contributed by atoms with Crippen LogP contribution in [0, 0.1) is 17.5 Å². The van der Waals surface area contributed by atoms with Gasteiger partial charge in [0.1, 0.15) is 17.5 Å². The zero-order valence-corrected chi connectivity index (χ0v) is 24.0. The molecule has 2 aromatic heterocycles. The maximum absolute atomic E-state index is 14.8. The molecule has 4 aromatic rings. The van der Waals surface area contributed by atoms with Crippen LogP contribution in [-0.2, 0) is 10.0 Å². The first-order valence-electron chi connectivity index (χ1n) is 13.1. The Labute approximate surface area is 240 Å². The van der Waals surface area contributed by atoms with Crippen LogP contribution in [0.25, 0.3) is 21.8 Å². The van der Waals surface area contributed by atoms with Crippen LogP contribution < -0.4 is 15.8 Å². The number of aromatic nitrogens is 3. The van der Waals surface area contributed by atoms with Crippen molar-refractivity contribution in [1.82, 2.24) is 15.0 Å². The summed E-state index contributed by atoms with van der Waals surface area (Å²) in [7, 11) is -4.78. The van der Waals surface area contributed by atoms with Crippen LogP contribution in [0.3, 0.4) is 0 Å². The van der Waals surface area contributed by atoms with Crippen molar-refractivity contribution in [2.45, 2.75) is 62.4 Å². The molecule has 1 aliphatic carbocycles. The Morgan fingerprint density at radius 3 is 2.37 bits per heavy atom. The lowest BCUT2D eigenvalue weighted by atomic mass is 9.92. The number of halogens is 3. The summed E-state index contributed by atoms with van der Waals surface area (Å²) in [6.07, 6.45) is 5.33. The summed E-state index contributed by atoms with van der Waals surface area (Å²) in [5.41, 5.74) is 7.00. The third-order valence-electron chi connectivity index (χ3n) is 6.80. The molecule has 2 aromatic carbocycles. The Balaban J connectivity index is 1.51. The van der Waals surface area contributed by atoms with Crippen LogP contribution in [0.15, 0.2) is 53.6 Å². The minimum Gasteiger partial charge on any atom is -0.351 e. The average Bonchev–Trinajstić information content (AvgIpc) is 3.37. The van der Waals surface area contributed by atoms with E-state index in [1.807, 2.05) is 18.6 Å². The number of nitrogens with one attached hydrogen (secondary N) is 2. The monoisotopic (exact) mass is 602 g/mol. The SMILES string of the molecule is CC(C)c1nc(-c2ccc(F)c(NS(=O)(=O)c3c(F)cccc3F)c2)c(-c2ccnc(NC3CCC(N)CC3)n2)s1. The second-order valence-corrected chi connectivity index (χ2v) is 12.9. The summed E-state index contributed by atoms with van der Waals surface area (Å²) in [5.74, 6) is -2.97. The Morgan fingerprint density at radius 1 is 0.976 bits per heavy atom. The van der Waals surface area contributed by atoms with Gasteiger partial charge in [0.05, 0.1) is 27.0 Å². The number of hydrogen-bond donors (Lipinski definition) is 3. The standard InChI is InChI=1S/C28H29F3N6O2S2/c1-15(2)27-36-24(25(40-27)22-12-13-33-28(35-22)34-18-9-7-17(32)8-10-18)16-6-11-19(29)23(14-16)37-41(38,39)26-20(30)4-3-5-21(26)31/h3-6,11-15,17-18,37H,7-10,32H2,1-2H3,(H,33,34,35). The maximum Gasteiger partial charge on any atom is 0.267 e. The third kappa shape index (κ3) is 6.36. The molecule has 13 heteroatoms. The smallest absolute Gasteiger partial charge is 0.267 e. The number of rotatable bonds is 8. The molecule has 4 N–H and O–H groups in total. The molecule has 0 bridgehead atoms. The zero-order chi connectivity index (χ0) is 29.3. The van der Waals surface area contributed by atoms with Gasteiger partial charge < -0.3 is 11.1 Å². The molecule has 216 valence electrons. The van der Waals surface area contributed by atoms with Crippen LogP contribution in [0.4, 0.5) is 24.8 Å². The van der Waals surface area contributed by atoms with E-state index in [4.69, 9.17) is 15.7 Å². The molecule has 41 heavy (non-hydrogen) atoms. The highest BCUT2D eigenvalue weighted by atomic mass is 32.2. The predicted molar refractivity (Wildman–Crippen MR) is 154 cm³/mol. The Hall–Kier alpha value is -3.55. The van der Waals surface area contributed by atoms with E-state index in [0.717, 1.165) is 55.0 Å². The lowest BCUT2D eigenvalue weighted by Crippen LogP contribution is -2.33. The van der Waals surface area contributed by atoms with E-state index in [9.17, 15) is 21.6 Å². The third-order valence-corrected chi connectivity index (χ3v) is 9.60. The van der Waals surface area contributed by atoms with Crippen LogP contribution in [0.1, 0.15) is 50.5 Å². The van der Waals surface area contributed by atoms with Crippen molar-refractivity contribution in [3.63, 3.8) is 0 Å². The summed E-state index contributed by atoms with van der Waals surface area (Å²) >= 11 is 1.42. The Kier molecular flexibility index (Phi) is 8.30. The number of thiazole rings is 1. The van der Waals surface area contributed by atoms with Crippen molar-refractivity contribution >= 4 is 33.0 Å². The molecular weight excluding hydrogens is 573 g/mol. The second-order valence-electron chi connectivity index (χ2n) is 10.3. The van der Waals surface area contributed by atoms with E-state index >= 15 is 0 Å². The molecule has 0 aliphatic heterocycles. The summed E-state index contributed by atoms with van der Waals surface area (Å²) in [5, 5.41) is 4.18. The molecule has 8 nitrogen and oxygen atoms in total. The molecule has 1 fully saturated rings. The van der Waals surface area contributed by atoms with E-state index in [0.29, 0.717) is 27.8 Å². The van der Waals surface area contributed by atoms with Gasteiger partial charge in [0.15, 0.2) is 4.90 Å². The summed E-state index contributed by atoms with van der Waals surface area (Å²) < 4.78 is 70.9. The lowest BCUT2D eigenvalue weighted by molar-refractivity contribution is 0.410. The summed E-state index contributed by atoms with van der Waals surface area (Å²) in [6, 6.07) is 8.63. The van der Waals surface area contributed by atoms with Crippen molar-refractivity contribution in [3.05, 3.63) is 71.1 Å². The molecule has 0 spiro atoms. The van der Waals surface area contributed by atoms with Crippen LogP contribution in [0.5, 0.6) is 0 Å². The van der Waals surface area contributed by atoms with Gasteiger partial charge in [0.25, 0.3) is 10.0 Å². The quantitative estimate of drug-likeness (QED) is 0.217. The van der Waals surface area contributed by atoms with Gasteiger partial charge in [-0.2, -0.15) is 0 Å². The molecule has 0 unspecified atom stereocenters. The highest BCUT2D eigenvalue weighted by Crippen LogP contribution is 2.40. The summed E-state index contributed by atoms with van der Waals surface area (Å²) in [4.78, 5) is 13.4. The fraction of sp³-hybridized carbons (Fsp3) is 0.321. The van der Waals surface area contributed by atoms with Gasteiger partial charge in [-0.05, 0) is 62.1 Å². The van der Waals surface area contributed by atoms with E-state index in [1.165, 1.54) is 23.5 Å². The van der Waals surface area contributed by atoms with E-state index in [1.54, 1.807) is 12.3 Å². The molecule has 5 rings (SSSR count). The molecule has 0 radical (unpaired) electrons. The molecule has 1 aliphatic rings. The van der Waals surface area contributed by atoms with Crippen LogP contribution in [-0.4, -0.2) is 35.5 Å². The Bertz CT molecular complexity index is 1650. The van der Waals surface area contributed by atoms with Crippen molar-refractivity contribution in [2.24, 2.45) is 5.73 Å². The van der Waals surface area contributed by atoms with Gasteiger partial charge in [0.2, 0.25) is 5.95 Å². The van der Waals surface area contributed by atoms with E-state index in [2.05, 4.69) is 10.3 Å². The van der Waals surface area contributed by atoms with Gasteiger partial charge in [-0.15, -0.1) is 11.3 Å². The largest absolute Gasteiger partial charge is 0.351 e. The minimum absolute atomic E-state index is 0.0702. The normalized spacial score (nSPS) is 17.5. The molecule has 0 saturated heterocycles. The van der Waals surface area contributed by atoms with E-state index in [-0.39, 0.29) is 18.0 Å². The predicted octanol–water partition coefficient (Wildman–Crippen LogP) is 6.29. The molecule has 2 heterocycles. The molecule has 0 atom stereocenters. The molecule has 1 saturated carbocycles. The van der Waals surface area contributed by atoms with Gasteiger partial charge in [-0.25, -0.2) is 36.5 Å². The number of hydrogen-bond acceptors (Lipinski definition) is 8. The Morgan fingerprint density at radius 2 is 1.68 bits per heavy atom. The number of nitrogens with two attached hydrogens (primary N) is 1. The molecule has 0 amide bonds. The summed E-state index contributed by atoms with van der Waals surface area (Å²) in [6.45, 7) is 3.97. The fourth-order valence-corrected chi connectivity index (χ4v) is 6.90. The average molecular weight is 603 g/mol. The number of sulfonamides is 1. The van der Waals surface area contributed by atoms with Crippen LogP contribution in [0.2, 0.25) is 0 Å². The zero-order valence-electron chi connectivity index (χ0n) is 22.4. The maximum atomic E-state index is 14.8. The van der Waals surface area contributed by atoms with Gasteiger partial charge >= 0.3 is 0 Å². The minimum atomic E-state index is -4.78. The lowest BCUT2D eigenvalue weighted by Gasteiger charge is -2.26. The number of benzene rings is 2. The van der Waals surface area contributed by atoms with Crippen LogP contribution >= 0.6 is 11.3 Å². The van der Waals surface area contributed by atoms with Crippen molar-refractivity contribution in [1.29, 1.82) is 0 Å². The van der Waals surface area contributed by atoms with Crippen molar-refractivity contribution in [2.75, 3.05) is 10.0 Å². The van der Waals surface area contributed by atoms with Crippen molar-refractivity contribution in [3.8, 4) is 21.8 Å². The van der Waals surface area contributed by atoms with Gasteiger partial charge in [-0.3, -0.25) is 4.72 Å². The number of nitrogens with zero attached hydrogens (tertiary/aromatic N) is 3. The van der Waals surface area contributed by atoms with Crippen molar-refractivity contribution < 1.29 is 21.6 Å². The fourth-order valence-electron chi connectivity index (χ4n) is 4.64. The highest BCUT2D eigenvalue weighted by molar-refractivity contribution is 7.92. The van der Waals surface area contributed by atoms with Gasteiger partial charge in [-0.1, -0.05) is 19.9 Å². The molecular formula is C28H29F3N6O2S2. The second kappa shape index (κ2) is 11.7.